The monoisotopic (exact) mass is 260 g/mol. The van der Waals surface area contributed by atoms with E-state index in [4.69, 9.17) is 9.84 Å². The maximum absolute atomic E-state index is 11.6. The quantitative estimate of drug-likeness (QED) is 0.876. The highest BCUT2D eigenvalue weighted by atomic mass is 16.6. The second kappa shape index (κ2) is 4.93. The van der Waals surface area contributed by atoms with E-state index in [2.05, 4.69) is 11.1 Å². The molecule has 5 heteroatoms. The number of amides is 1. The van der Waals surface area contributed by atoms with Crippen LogP contribution in [0.2, 0.25) is 0 Å². The zero-order chi connectivity index (χ0) is 13.2. The van der Waals surface area contributed by atoms with Crippen molar-refractivity contribution in [2.75, 3.05) is 19.7 Å². The molecule has 5 nitrogen and oxygen atoms in total. The van der Waals surface area contributed by atoms with Crippen LogP contribution < -0.4 is 0 Å². The molecule has 3 rings (SSSR count). The van der Waals surface area contributed by atoms with E-state index in [0.29, 0.717) is 13.1 Å². The Morgan fingerprint density at radius 2 is 2.26 bits per heavy atom. The van der Waals surface area contributed by atoms with Crippen LogP contribution in [0, 0.1) is 0 Å². The fourth-order valence-electron chi connectivity index (χ4n) is 2.45. The predicted octanol–water partition coefficient (Wildman–Crippen LogP) is 1.52. The molecule has 0 bridgehead atoms. The van der Waals surface area contributed by atoms with E-state index in [1.165, 1.54) is 10.9 Å². The number of benzene rings is 1. The molecule has 100 valence electrons. The van der Waals surface area contributed by atoms with Gasteiger partial charge in [-0.25, -0.2) is 4.79 Å². The topological polar surface area (TPSA) is 65.6 Å². The van der Waals surface area contributed by atoms with E-state index in [1.807, 2.05) is 24.4 Å². The van der Waals surface area contributed by atoms with Crippen LogP contribution in [0.25, 0.3) is 10.9 Å². The van der Waals surface area contributed by atoms with Gasteiger partial charge in [0.1, 0.15) is 6.10 Å². The van der Waals surface area contributed by atoms with E-state index in [9.17, 15) is 4.79 Å². The van der Waals surface area contributed by atoms with E-state index in [0.717, 1.165) is 11.9 Å². The minimum atomic E-state index is -0.379. The molecule has 1 unspecified atom stereocenters. The van der Waals surface area contributed by atoms with E-state index in [-0.39, 0.29) is 18.8 Å². The van der Waals surface area contributed by atoms with Crippen LogP contribution in [0.1, 0.15) is 5.56 Å². The maximum atomic E-state index is 11.6. The van der Waals surface area contributed by atoms with Crippen molar-refractivity contribution in [3.63, 3.8) is 0 Å². The fraction of sp³-hybridized carbons (Fsp3) is 0.357. The summed E-state index contributed by atoms with van der Waals surface area (Å²) in [5.41, 5.74) is 2.30. The smallest absolute Gasteiger partial charge is 0.410 e. The van der Waals surface area contributed by atoms with E-state index >= 15 is 0 Å². The third-order valence-corrected chi connectivity index (χ3v) is 3.48. The van der Waals surface area contributed by atoms with Crippen molar-refractivity contribution < 1.29 is 14.6 Å². The molecular formula is C14H16N2O3. The van der Waals surface area contributed by atoms with Gasteiger partial charge in [0.05, 0.1) is 13.2 Å². The largest absolute Gasteiger partial charge is 0.442 e. The van der Waals surface area contributed by atoms with Gasteiger partial charge in [0.25, 0.3) is 0 Å². The first kappa shape index (κ1) is 12.0. The van der Waals surface area contributed by atoms with Gasteiger partial charge in [-0.05, 0) is 18.1 Å². The standard InChI is InChI=1S/C14H16N2O3/c17-9-11-8-16(14(18)19-11)6-5-10-7-15-13-4-2-1-3-12(10)13/h1-4,7,11,15,17H,5-6,8-9H2. The summed E-state index contributed by atoms with van der Waals surface area (Å²) in [7, 11) is 0. The van der Waals surface area contributed by atoms with Crippen LogP contribution in [0.3, 0.4) is 0 Å². The number of aliphatic hydroxyl groups excluding tert-OH is 1. The zero-order valence-corrected chi connectivity index (χ0v) is 10.5. The Morgan fingerprint density at radius 3 is 3.05 bits per heavy atom. The molecule has 0 spiro atoms. The number of cyclic esters (lactones) is 1. The van der Waals surface area contributed by atoms with Gasteiger partial charge in [-0.3, -0.25) is 0 Å². The first-order valence-corrected chi connectivity index (χ1v) is 6.39. The summed E-state index contributed by atoms with van der Waals surface area (Å²) in [6.45, 7) is 0.962. The Balaban J connectivity index is 1.68. The summed E-state index contributed by atoms with van der Waals surface area (Å²) in [5.74, 6) is 0. The first-order chi connectivity index (χ1) is 9.28. The molecule has 0 radical (unpaired) electrons. The summed E-state index contributed by atoms with van der Waals surface area (Å²) in [5, 5.41) is 10.2. The lowest BCUT2D eigenvalue weighted by Crippen LogP contribution is -2.28. The van der Waals surface area contributed by atoms with Gasteiger partial charge in [0.2, 0.25) is 0 Å². The summed E-state index contributed by atoms with van der Waals surface area (Å²) in [6, 6.07) is 8.10. The number of H-pyrrole nitrogens is 1. The van der Waals surface area contributed by atoms with Crippen molar-refractivity contribution in [1.29, 1.82) is 0 Å². The number of hydrogen-bond donors (Lipinski definition) is 2. The number of nitrogens with one attached hydrogen (secondary N) is 1. The Hall–Kier alpha value is -2.01. The predicted molar refractivity (Wildman–Crippen MR) is 70.9 cm³/mol. The summed E-state index contributed by atoms with van der Waals surface area (Å²) >= 11 is 0. The number of ether oxygens (including phenoxy) is 1. The number of carbonyl (C=O) groups excluding carboxylic acids is 1. The summed E-state index contributed by atoms with van der Waals surface area (Å²) in [6.07, 6.45) is 2.04. The molecule has 0 aliphatic carbocycles. The van der Waals surface area contributed by atoms with Gasteiger partial charge in [-0.1, -0.05) is 18.2 Å². The maximum Gasteiger partial charge on any atom is 0.410 e. The molecule has 2 N–H and O–H groups in total. The van der Waals surface area contributed by atoms with Crippen molar-refractivity contribution in [3.05, 3.63) is 36.0 Å². The van der Waals surface area contributed by atoms with Crippen molar-refractivity contribution in [2.24, 2.45) is 0 Å². The number of hydrogen-bond acceptors (Lipinski definition) is 3. The second-order valence-electron chi connectivity index (χ2n) is 4.74. The fourth-order valence-corrected chi connectivity index (χ4v) is 2.45. The van der Waals surface area contributed by atoms with Crippen LogP contribution in [0.4, 0.5) is 4.79 Å². The lowest BCUT2D eigenvalue weighted by molar-refractivity contribution is 0.0948. The third kappa shape index (κ3) is 2.29. The summed E-state index contributed by atoms with van der Waals surface area (Å²) < 4.78 is 5.01. The zero-order valence-electron chi connectivity index (χ0n) is 10.5. The molecular weight excluding hydrogens is 244 g/mol. The van der Waals surface area contributed by atoms with Crippen LogP contribution in [-0.4, -0.2) is 46.9 Å². The Labute approximate surface area is 110 Å². The minimum Gasteiger partial charge on any atom is -0.442 e. The van der Waals surface area contributed by atoms with E-state index in [1.54, 1.807) is 4.90 Å². The van der Waals surface area contributed by atoms with Crippen molar-refractivity contribution in [2.45, 2.75) is 12.5 Å². The van der Waals surface area contributed by atoms with Crippen LogP contribution >= 0.6 is 0 Å². The highest BCUT2D eigenvalue weighted by Crippen LogP contribution is 2.19. The average Bonchev–Trinajstić information content (AvgIpc) is 3.00. The van der Waals surface area contributed by atoms with Gasteiger partial charge in [0, 0.05) is 23.6 Å². The van der Waals surface area contributed by atoms with Crippen LogP contribution in [-0.2, 0) is 11.2 Å². The number of nitrogens with zero attached hydrogens (tertiary/aromatic N) is 1. The van der Waals surface area contributed by atoms with Crippen LogP contribution in [0.5, 0.6) is 0 Å². The molecule has 2 heterocycles. The molecule has 1 saturated heterocycles. The SMILES string of the molecule is O=C1OC(CO)CN1CCc1c[nH]c2ccccc12. The Bertz CT molecular complexity index is 593. The minimum absolute atomic E-state index is 0.116. The number of aromatic amines is 1. The third-order valence-electron chi connectivity index (χ3n) is 3.48. The Morgan fingerprint density at radius 1 is 1.42 bits per heavy atom. The highest BCUT2D eigenvalue weighted by molar-refractivity contribution is 5.83. The first-order valence-electron chi connectivity index (χ1n) is 6.39. The van der Waals surface area contributed by atoms with Crippen molar-refractivity contribution >= 4 is 17.0 Å². The summed E-state index contributed by atoms with van der Waals surface area (Å²) in [4.78, 5) is 16.4. The number of carbonyl (C=O) groups is 1. The second-order valence-corrected chi connectivity index (χ2v) is 4.74. The number of aliphatic hydroxyl groups is 1. The number of aromatic nitrogens is 1. The van der Waals surface area contributed by atoms with Crippen LogP contribution in [0.15, 0.2) is 30.5 Å². The van der Waals surface area contributed by atoms with Crippen molar-refractivity contribution in [3.8, 4) is 0 Å². The normalized spacial score (nSPS) is 19.1. The Kier molecular flexibility index (Phi) is 3.13. The van der Waals surface area contributed by atoms with Gasteiger partial charge in [0.15, 0.2) is 0 Å². The molecule has 0 saturated carbocycles. The molecule has 1 aliphatic heterocycles. The molecule has 1 aromatic carbocycles. The van der Waals surface area contributed by atoms with Crippen molar-refractivity contribution in [1.82, 2.24) is 9.88 Å². The average molecular weight is 260 g/mol. The molecule has 1 amide bonds. The number of rotatable bonds is 4. The van der Waals surface area contributed by atoms with Gasteiger partial charge in [-0.15, -0.1) is 0 Å². The van der Waals surface area contributed by atoms with E-state index < -0.39 is 0 Å². The number of fused-ring (bicyclic) bond motifs is 1. The molecule has 1 aliphatic rings. The lowest BCUT2D eigenvalue weighted by atomic mass is 10.1. The molecule has 1 atom stereocenters. The lowest BCUT2D eigenvalue weighted by Gasteiger charge is -2.11. The molecule has 19 heavy (non-hydrogen) atoms. The molecule has 2 aromatic rings. The van der Waals surface area contributed by atoms with Gasteiger partial charge in [-0.2, -0.15) is 0 Å². The van der Waals surface area contributed by atoms with Gasteiger partial charge >= 0.3 is 6.09 Å². The molecule has 1 aromatic heterocycles. The number of para-hydroxylation sites is 1. The molecule has 1 fully saturated rings. The van der Waals surface area contributed by atoms with Gasteiger partial charge < -0.3 is 19.7 Å². The highest BCUT2D eigenvalue weighted by Gasteiger charge is 2.30.